The number of benzene rings is 3. The molecule has 0 radical (unpaired) electrons. The third kappa shape index (κ3) is 4.66. The fourth-order valence-corrected chi connectivity index (χ4v) is 6.57. The van der Waals surface area contributed by atoms with Gasteiger partial charge in [0.05, 0.1) is 23.2 Å². The van der Waals surface area contributed by atoms with Gasteiger partial charge in [-0.3, -0.25) is 9.10 Å². The Morgan fingerprint density at radius 2 is 1.62 bits per heavy atom. The van der Waals surface area contributed by atoms with Gasteiger partial charge in [-0.05, 0) is 50.1 Å². The van der Waals surface area contributed by atoms with Gasteiger partial charge in [0.1, 0.15) is 17.1 Å². The Labute approximate surface area is 218 Å². The third-order valence-electron chi connectivity index (χ3n) is 7.44. The van der Waals surface area contributed by atoms with Gasteiger partial charge >= 0.3 is 0 Å². The predicted octanol–water partition coefficient (Wildman–Crippen LogP) is 5.15. The monoisotopic (exact) mass is 520 g/mol. The van der Waals surface area contributed by atoms with Gasteiger partial charge in [-0.25, -0.2) is 8.42 Å². The first-order valence-electron chi connectivity index (χ1n) is 12.7. The molecule has 5 rings (SSSR count). The van der Waals surface area contributed by atoms with Crippen molar-refractivity contribution in [1.29, 1.82) is 0 Å². The number of sulfonamides is 1. The van der Waals surface area contributed by atoms with Gasteiger partial charge in [0.15, 0.2) is 6.10 Å². The van der Waals surface area contributed by atoms with Crippen molar-refractivity contribution in [2.45, 2.75) is 62.7 Å². The SMILES string of the molecule is CCC1(CC)C[C@@H](NC(=O)[C@H]2CN(S(=O)(=O)c3ccc(C)cc3)c3ccccc3O2)c2ccccc2O1. The molecule has 1 N–H and O–H groups in total. The molecule has 194 valence electrons. The van der Waals surface area contributed by atoms with Crippen molar-refractivity contribution in [1.82, 2.24) is 5.32 Å². The molecule has 0 aromatic heterocycles. The van der Waals surface area contributed by atoms with E-state index in [2.05, 4.69) is 19.2 Å². The standard InChI is InChI=1S/C29H32N2O5S/c1-4-29(5-2)18-23(22-10-6-8-12-25(22)36-29)30-28(32)27-19-31(24-11-7-9-13-26(24)35-27)37(33,34)21-16-14-20(3)15-17-21/h6-17,23,27H,4-5,18-19H2,1-3H3,(H,30,32)/t23-,27-/m1/s1. The summed E-state index contributed by atoms with van der Waals surface area (Å²) in [6.07, 6.45) is 1.22. The van der Waals surface area contributed by atoms with Crippen LogP contribution in [0.15, 0.2) is 77.7 Å². The topological polar surface area (TPSA) is 84.9 Å². The summed E-state index contributed by atoms with van der Waals surface area (Å²) in [7, 11) is -3.91. The number of carbonyl (C=O) groups is 1. The summed E-state index contributed by atoms with van der Waals surface area (Å²) in [6.45, 7) is 5.95. The summed E-state index contributed by atoms with van der Waals surface area (Å²) in [5.41, 5.74) is 1.91. The summed E-state index contributed by atoms with van der Waals surface area (Å²) in [4.78, 5) is 13.8. The molecule has 0 saturated heterocycles. The van der Waals surface area contributed by atoms with Crippen molar-refractivity contribution in [3.63, 3.8) is 0 Å². The minimum absolute atomic E-state index is 0.128. The molecule has 2 atom stereocenters. The third-order valence-corrected chi connectivity index (χ3v) is 9.23. The minimum Gasteiger partial charge on any atom is -0.487 e. The maximum absolute atomic E-state index is 13.7. The Balaban J connectivity index is 1.45. The normalized spacial score (nSPS) is 20.1. The first-order valence-corrected chi connectivity index (χ1v) is 14.1. The van der Waals surface area contributed by atoms with E-state index >= 15 is 0 Å². The largest absolute Gasteiger partial charge is 0.487 e. The van der Waals surface area contributed by atoms with Crippen molar-refractivity contribution in [2.75, 3.05) is 10.8 Å². The second-order valence-electron chi connectivity index (χ2n) is 9.72. The lowest BCUT2D eigenvalue weighted by Gasteiger charge is -2.42. The fraction of sp³-hybridized carbons (Fsp3) is 0.345. The van der Waals surface area contributed by atoms with Crippen molar-refractivity contribution in [3.8, 4) is 11.5 Å². The van der Waals surface area contributed by atoms with E-state index in [0.29, 0.717) is 17.9 Å². The van der Waals surface area contributed by atoms with Gasteiger partial charge in [0.2, 0.25) is 0 Å². The number of hydrogen-bond acceptors (Lipinski definition) is 5. The van der Waals surface area contributed by atoms with Crippen molar-refractivity contribution < 1.29 is 22.7 Å². The molecule has 0 spiro atoms. The van der Waals surface area contributed by atoms with Crippen LogP contribution in [0.4, 0.5) is 5.69 Å². The van der Waals surface area contributed by atoms with Crippen LogP contribution in [-0.2, 0) is 14.8 Å². The molecule has 3 aromatic rings. The van der Waals surface area contributed by atoms with Crippen LogP contribution in [0.1, 0.15) is 50.3 Å². The highest BCUT2D eigenvalue weighted by atomic mass is 32.2. The Morgan fingerprint density at radius 1 is 0.973 bits per heavy atom. The molecule has 0 aliphatic carbocycles. The van der Waals surface area contributed by atoms with Crippen LogP contribution in [0.5, 0.6) is 11.5 Å². The average Bonchev–Trinajstić information content (AvgIpc) is 2.92. The van der Waals surface area contributed by atoms with Gasteiger partial charge < -0.3 is 14.8 Å². The number of carbonyl (C=O) groups excluding carboxylic acids is 1. The minimum atomic E-state index is -3.91. The molecule has 3 aromatic carbocycles. The lowest BCUT2D eigenvalue weighted by Crippen LogP contribution is -2.52. The van der Waals surface area contributed by atoms with Crippen LogP contribution < -0.4 is 19.1 Å². The molecule has 0 bridgehead atoms. The van der Waals surface area contributed by atoms with E-state index in [1.165, 1.54) is 4.31 Å². The lowest BCUT2D eigenvalue weighted by molar-refractivity contribution is -0.129. The van der Waals surface area contributed by atoms with Crippen LogP contribution in [0.25, 0.3) is 0 Å². The number of ether oxygens (including phenoxy) is 2. The molecule has 37 heavy (non-hydrogen) atoms. The fourth-order valence-electron chi connectivity index (χ4n) is 5.10. The van der Waals surface area contributed by atoms with Gasteiger partial charge in [0.25, 0.3) is 15.9 Å². The van der Waals surface area contributed by atoms with Gasteiger partial charge in [-0.1, -0.05) is 61.9 Å². The second-order valence-corrected chi connectivity index (χ2v) is 11.6. The molecule has 2 aliphatic rings. The first-order chi connectivity index (χ1) is 17.8. The zero-order chi connectivity index (χ0) is 26.2. The molecule has 8 heteroatoms. The maximum atomic E-state index is 13.7. The summed E-state index contributed by atoms with van der Waals surface area (Å²) in [5.74, 6) is 0.760. The average molecular weight is 521 g/mol. The number of hydrogen-bond donors (Lipinski definition) is 1. The molecule has 2 heterocycles. The Morgan fingerprint density at radius 3 is 2.32 bits per heavy atom. The van der Waals surface area contributed by atoms with Crippen LogP contribution in [-0.4, -0.2) is 32.6 Å². The van der Waals surface area contributed by atoms with Crippen LogP contribution in [0, 0.1) is 6.92 Å². The summed E-state index contributed by atoms with van der Waals surface area (Å²) in [6, 6.07) is 21.1. The number of para-hydroxylation sites is 3. The van der Waals surface area contributed by atoms with Crippen molar-refractivity contribution >= 4 is 21.6 Å². The highest BCUT2D eigenvalue weighted by Crippen LogP contribution is 2.43. The number of nitrogens with zero attached hydrogens (tertiary/aromatic N) is 1. The smallest absolute Gasteiger partial charge is 0.264 e. The lowest BCUT2D eigenvalue weighted by atomic mass is 9.83. The van der Waals surface area contributed by atoms with Crippen molar-refractivity contribution in [3.05, 3.63) is 83.9 Å². The summed E-state index contributed by atoms with van der Waals surface area (Å²) < 4.78 is 41.0. The van der Waals surface area contributed by atoms with Crippen LogP contribution in [0.3, 0.4) is 0 Å². The molecule has 7 nitrogen and oxygen atoms in total. The van der Waals surface area contributed by atoms with Gasteiger partial charge in [0, 0.05) is 12.0 Å². The predicted molar refractivity (Wildman–Crippen MR) is 142 cm³/mol. The zero-order valence-corrected chi connectivity index (χ0v) is 22.1. The van der Waals surface area contributed by atoms with E-state index in [1.807, 2.05) is 31.2 Å². The highest BCUT2D eigenvalue weighted by molar-refractivity contribution is 7.92. The maximum Gasteiger partial charge on any atom is 0.264 e. The molecule has 0 fully saturated rings. The number of anilines is 1. The van der Waals surface area contributed by atoms with Gasteiger partial charge in [-0.2, -0.15) is 0 Å². The summed E-state index contributed by atoms with van der Waals surface area (Å²) >= 11 is 0. The molecule has 2 aliphatic heterocycles. The van der Waals surface area contributed by atoms with E-state index in [9.17, 15) is 13.2 Å². The molecule has 0 saturated carbocycles. The van der Waals surface area contributed by atoms with E-state index in [4.69, 9.17) is 9.47 Å². The van der Waals surface area contributed by atoms with E-state index < -0.39 is 16.1 Å². The van der Waals surface area contributed by atoms with Crippen LogP contribution in [0.2, 0.25) is 0 Å². The first kappa shape index (κ1) is 25.1. The number of nitrogens with one attached hydrogen (secondary N) is 1. The number of aryl methyl sites for hydroxylation is 1. The molecular weight excluding hydrogens is 488 g/mol. The highest BCUT2D eigenvalue weighted by Gasteiger charge is 2.42. The quantitative estimate of drug-likeness (QED) is 0.486. The second kappa shape index (κ2) is 9.74. The van der Waals surface area contributed by atoms with E-state index in [-0.39, 0.29) is 29.0 Å². The zero-order valence-electron chi connectivity index (χ0n) is 21.3. The van der Waals surface area contributed by atoms with Crippen LogP contribution >= 0.6 is 0 Å². The number of amides is 1. The van der Waals surface area contributed by atoms with Gasteiger partial charge in [-0.15, -0.1) is 0 Å². The Hall–Kier alpha value is -3.52. The Bertz CT molecular complexity index is 1400. The molecule has 1 amide bonds. The van der Waals surface area contributed by atoms with Crippen molar-refractivity contribution in [2.24, 2.45) is 0 Å². The number of fused-ring (bicyclic) bond motifs is 2. The summed E-state index contributed by atoms with van der Waals surface area (Å²) in [5, 5.41) is 3.15. The molecule has 0 unspecified atom stereocenters. The van der Waals surface area contributed by atoms with E-state index in [0.717, 1.165) is 29.7 Å². The molecular formula is C29H32N2O5S. The Kier molecular flexibility index (Phi) is 6.62. The number of rotatable bonds is 6. The van der Waals surface area contributed by atoms with E-state index in [1.54, 1.807) is 48.5 Å².